The van der Waals surface area contributed by atoms with E-state index in [-0.39, 0.29) is 12.1 Å². The maximum atomic E-state index is 12.1. The molecule has 2 aliphatic heterocycles. The molecule has 0 unspecified atom stereocenters. The first-order chi connectivity index (χ1) is 12.3. The lowest BCUT2D eigenvalue weighted by atomic mass is 9.80. The molecule has 0 spiro atoms. The molecule has 8 heteroatoms. The molecule has 2 aliphatic rings. The lowest BCUT2D eigenvalue weighted by Crippen LogP contribution is -2.45. The van der Waals surface area contributed by atoms with Crippen molar-refractivity contribution in [3.63, 3.8) is 0 Å². The zero-order valence-corrected chi connectivity index (χ0v) is 17.8. The van der Waals surface area contributed by atoms with E-state index in [1.54, 1.807) is 11.1 Å². The number of hydrazone groups is 1. The first-order valence-corrected chi connectivity index (χ1v) is 9.62. The summed E-state index contributed by atoms with van der Waals surface area (Å²) >= 11 is 0. The van der Waals surface area contributed by atoms with Crippen molar-refractivity contribution in [2.24, 2.45) is 5.10 Å². The van der Waals surface area contributed by atoms with Crippen LogP contribution in [-0.4, -0.2) is 60.3 Å². The average molecular weight is 379 g/mol. The fraction of sp³-hybridized carbons (Fsp3) is 0.789. The number of amides is 1. The fourth-order valence-corrected chi connectivity index (χ4v) is 2.80. The van der Waals surface area contributed by atoms with Gasteiger partial charge in [-0.15, -0.1) is 0 Å². The Bertz CT molecular complexity index is 574. The monoisotopic (exact) mass is 379 g/mol. The molecule has 0 aliphatic carbocycles. The highest BCUT2D eigenvalue weighted by Gasteiger charge is 2.51. The average Bonchev–Trinajstić information content (AvgIpc) is 2.74. The molecular weight excluding hydrogens is 345 g/mol. The van der Waals surface area contributed by atoms with Crippen LogP contribution in [0.1, 0.15) is 61.3 Å². The summed E-state index contributed by atoms with van der Waals surface area (Å²) in [7, 11) is -0.491. The topological polar surface area (TPSA) is 72.4 Å². The molecule has 0 bridgehead atoms. The summed E-state index contributed by atoms with van der Waals surface area (Å²) in [5.41, 5.74) is 2.56. The number of rotatable bonds is 4. The Labute approximate surface area is 163 Å². The normalized spacial score (nSPS) is 22.9. The summed E-state index contributed by atoms with van der Waals surface area (Å²) in [5.74, 6) is 0. The van der Waals surface area contributed by atoms with Gasteiger partial charge in [0.05, 0.1) is 11.2 Å². The van der Waals surface area contributed by atoms with E-state index in [0.29, 0.717) is 18.6 Å². The Balaban J connectivity index is 1.75. The second-order valence-corrected chi connectivity index (χ2v) is 9.29. The van der Waals surface area contributed by atoms with Gasteiger partial charge < -0.3 is 24.4 Å². The molecule has 152 valence electrons. The number of piperidine rings is 1. The summed E-state index contributed by atoms with van der Waals surface area (Å²) in [6.45, 7) is 19.0. The van der Waals surface area contributed by atoms with E-state index in [0.717, 1.165) is 12.8 Å². The molecule has 1 N–H and O–H groups in total. The maximum absolute atomic E-state index is 12.1. The number of nitrogens with one attached hydrogen (secondary N) is 1. The Kier molecular flexibility index (Phi) is 6.31. The van der Waals surface area contributed by atoms with Gasteiger partial charge in [-0.1, -0.05) is 6.58 Å². The van der Waals surface area contributed by atoms with Crippen LogP contribution in [0, 0.1) is 0 Å². The minimum Gasteiger partial charge on any atom is -0.444 e. The van der Waals surface area contributed by atoms with Crippen LogP contribution in [0.4, 0.5) is 4.79 Å². The molecule has 2 fully saturated rings. The molecule has 7 nitrogen and oxygen atoms in total. The number of hydrogen-bond donors (Lipinski definition) is 1. The highest BCUT2D eigenvalue weighted by molar-refractivity contribution is 6.60. The minimum absolute atomic E-state index is 0.214. The molecule has 1 amide bonds. The molecule has 0 aromatic heterocycles. The quantitative estimate of drug-likeness (QED) is 0.462. The van der Waals surface area contributed by atoms with E-state index >= 15 is 0 Å². The van der Waals surface area contributed by atoms with Crippen molar-refractivity contribution >= 4 is 19.4 Å². The molecule has 0 radical (unpaired) electrons. The Hall–Kier alpha value is -1.54. The van der Waals surface area contributed by atoms with Crippen LogP contribution in [0.15, 0.2) is 17.2 Å². The number of likely N-dealkylation sites (tertiary alicyclic amines) is 1. The third-order valence-electron chi connectivity index (χ3n) is 5.19. The second kappa shape index (κ2) is 7.83. The third kappa shape index (κ3) is 5.72. The van der Waals surface area contributed by atoms with Crippen LogP contribution in [0.2, 0.25) is 0 Å². The highest BCUT2D eigenvalue weighted by atomic mass is 16.7. The third-order valence-corrected chi connectivity index (χ3v) is 5.19. The Morgan fingerprint density at radius 3 is 2.22 bits per heavy atom. The standard InChI is InChI=1S/C19H34BN3O4/c1-14(20-26-18(5,6)19(7,8)27-20)13-21-22-15-9-11-23(12-10-15)16(24)25-17(2,3)4/h13,15,22H,1,9-12H2,2-8H3/b21-13-. The van der Waals surface area contributed by atoms with Gasteiger partial charge in [-0.3, -0.25) is 0 Å². The van der Waals surface area contributed by atoms with Gasteiger partial charge in [0.15, 0.2) is 0 Å². The first kappa shape index (κ1) is 21.8. The zero-order chi connectivity index (χ0) is 20.5. The van der Waals surface area contributed by atoms with Gasteiger partial charge >= 0.3 is 13.2 Å². The van der Waals surface area contributed by atoms with Crippen LogP contribution >= 0.6 is 0 Å². The SMILES string of the molecule is C=C(/C=N\NC1CCN(C(=O)OC(C)(C)C)CC1)B1OC(C)(C)C(C)(C)O1. The van der Waals surface area contributed by atoms with Crippen LogP contribution < -0.4 is 5.43 Å². The predicted molar refractivity (Wildman–Crippen MR) is 108 cm³/mol. The van der Waals surface area contributed by atoms with Gasteiger partial charge in [0.1, 0.15) is 5.60 Å². The molecular formula is C19H34BN3O4. The van der Waals surface area contributed by atoms with Gasteiger partial charge in [-0.2, -0.15) is 5.10 Å². The number of carbonyl (C=O) groups is 1. The molecule has 0 aromatic rings. The largest absolute Gasteiger partial charge is 0.495 e. The van der Waals surface area contributed by atoms with Crippen molar-refractivity contribution in [3.05, 3.63) is 12.1 Å². The number of ether oxygens (including phenoxy) is 1. The zero-order valence-electron chi connectivity index (χ0n) is 17.8. The number of hydrogen-bond acceptors (Lipinski definition) is 6. The van der Waals surface area contributed by atoms with Gasteiger partial charge in [-0.25, -0.2) is 4.79 Å². The highest BCUT2D eigenvalue weighted by Crippen LogP contribution is 2.37. The summed E-state index contributed by atoms with van der Waals surface area (Å²) in [6, 6.07) is 0.214. The van der Waals surface area contributed by atoms with Gasteiger partial charge in [0.25, 0.3) is 0 Å². The fourth-order valence-electron chi connectivity index (χ4n) is 2.80. The summed E-state index contributed by atoms with van der Waals surface area (Å²) < 4.78 is 17.3. The van der Waals surface area contributed by atoms with Crippen LogP contribution in [0.5, 0.6) is 0 Å². The molecule has 2 saturated heterocycles. The van der Waals surface area contributed by atoms with E-state index in [2.05, 4.69) is 17.1 Å². The Morgan fingerprint density at radius 1 is 1.22 bits per heavy atom. The van der Waals surface area contributed by atoms with E-state index in [1.807, 2.05) is 48.5 Å². The molecule has 27 heavy (non-hydrogen) atoms. The predicted octanol–water partition coefficient (Wildman–Crippen LogP) is 3.15. The van der Waals surface area contributed by atoms with Crippen molar-refractivity contribution in [1.29, 1.82) is 0 Å². The van der Waals surface area contributed by atoms with Crippen LogP contribution in [-0.2, 0) is 14.0 Å². The molecule has 0 atom stereocenters. The van der Waals surface area contributed by atoms with Crippen molar-refractivity contribution in [2.45, 2.75) is 84.2 Å². The van der Waals surface area contributed by atoms with Crippen molar-refractivity contribution in [2.75, 3.05) is 13.1 Å². The smallest absolute Gasteiger partial charge is 0.444 e. The summed E-state index contributed by atoms with van der Waals surface area (Å²) in [4.78, 5) is 13.8. The number of nitrogens with zero attached hydrogens (tertiary/aromatic N) is 2. The summed E-state index contributed by atoms with van der Waals surface area (Å²) in [6.07, 6.45) is 3.04. The van der Waals surface area contributed by atoms with Gasteiger partial charge in [0, 0.05) is 25.3 Å². The van der Waals surface area contributed by atoms with E-state index in [4.69, 9.17) is 14.0 Å². The lowest BCUT2D eigenvalue weighted by molar-refractivity contribution is 0.00578. The lowest BCUT2D eigenvalue weighted by Gasteiger charge is -2.33. The summed E-state index contributed by atoms with van der Waals surface area (Å²) in [5, 5.41) is 4.30. The van der Waals surface area contributed by atoms with Gasteiger partial charge in [-0.05, 0) is 66.8 Å². The second-order valence-electron chi connectivity index (χ2n) is 9.29. The Morgan fingerprint density at radius 2 is 1.74 bits per heavy atom. The number of allylic oxidation sites excluding steroid dienone is 1. The minimum atomic E-state index is -0.491. The first-order valence-electron chi connectivity index (χ1n) is 9.62. The maximum Gasteiger partial charge on any atom is 0.495 e. The number of carbonyl (C=O) groups excluding carboxylic acids is 1. The van der Waals surface area contributed by atoms with Gasteiger partial charge in [0.2, 0.25) is 0 Å². The van der Waals surface area contributed by atoms with Crippen molar-refractivity contribution < 1.29 is 18.8 Å². The van der Waals surface area contributed by atoms with E-state index < -0.39 is 23.9 Å². The molecule has 2 heterocycles. The molecule has 0 saturated carbocycles. The van der Waals surface area contributed by atoms with Crippen molar-refractivity contribution in [3.8, 4) is 0 Å². The van der Waals surface area contributed by atoms with E-state index in [1.165, 1.54) is 0 Å². The molecule has 0 aromatic carbocycles. The van der Waals surface area contributed by atoms with Crippen LogP contribution in [0.25, 0.3) is 0 Å². The molecule has 2 rings (SSSR count). The van der Waals surface area contributed by atoms with E-state index in [9.17, 15) is 4.79 Å². The van der Waals surface area contributed by atoms with Crippen LogP contribution in [0.3, 0.4) is 0 Å². The van der Waals surface area contributed by atoms with Crippen molar-refractivity contribution in [1.82, 2.24) is 10.3 Å².